The first-order chi connectivity index (χ1) is 14.5. The summed E-state index contributed by atoms with van der Waals surface area (Å²) in [6.45, 7) is 11.3. The van der Waals surface area contributed by atoms with Crippen LogP contribution in [0.25, 0.3) is 0 Å². The van der Waals surface area contributed by atoms with Gasteiger partial charge in [0, 0.05) is 6.54 Å². The standard InChI is InChI=1S/C25H31NO3Si/c1-5-30(6-2,7-3)29-23(20-13-9-8-10-14-20)19(4)17-18-26-24(27)21-15-11-12-16-22(21)25(26)28/h8-16,23H,4-7,17-18H2,1-3H3. The summed E-state index contributed by atoms with van der Waals surface area (Å²) >= 11 is 0. The van der Waals surface area contributed by atoms with Gasteiger partial charge in [0.15, 0.2) is 8.32 Å². The van der Waals surface area contributed by atoms with Crippen LogP contribution in [0.15, 0.2) is 66.7 Å². The van der Waals surface area contributed by atoms with Crippen molar-refractivity contribution in [3.8, 4) is 0 Å². The quantitative estimate of drug-likeness (QED) is 0.269. The molecule has 0 spiro atoms. The van der Waals surface area contributed by atoms with Crippen LogP contribution in [0, 0.1) is 0 Å². The molecule has 2 aromatic carbocycles. The first-order valence-corrected chi connectivity index (χ1v) is 13.3. The molecule has 1 atom stereocenters. The van der Waals surface area contributed by atoms with Crippen molar-refractivity contribution in [2.75, 3.05) is 6.54 Å². The minimum Gasteiger partial charge on any atom is -0.406 e. The van der Waals surface area contributed by atoms with E-state index < -0.39 is 8.32 Å². The number of benzene rings is 2. The number of carbonyl (C=O) groups excluding carboxylic acids is 2. The second-order valence-electron chi connectivity index (χ2n) is 7.87. The third kappa shape index (κ3) is 4.32. The Kier molecular flexibility index (Phi) is 7.05. The van der Waals surface area contributed by atoms with E-state index in [9.17, 15) is 9.59 Å². The van der Waals surface area contributed by atoms with Crippen LogP contribution in [0.2, 0.25) is 18.1 Å². The Morgan fingerprint density at radius 1 is 0.900 bits per heavy atom. The molecule has 1 aliphatic heterocycles. The van der Waals surface area contributed by atoms with Crippen LogP contribution in [-0.4, -0.2) is 31.6 Å². The Hall–Kier alpha value is -2.50. The summed E-state index contributed by atoms with van der Waals surface area (Å²) in [5, 5.41) is 0. The Bertz CT molecular complexity index is 878. The van der Waals surface area contributed by atoms with Crippen molar-refractivity contribution in [1.82, 2.24) is 4.90 Å². The van der Waals surface area contributed by atoms with Crippen LogP contribution in [-0.2, 0) is 4.43 Å². The Labute approximate surface area is 180 Å². The van der Waals surface area contributed by atoms with Gasteiger partial charge in [-0.25, -0.2) is 0 Å². The van der Waals surface area contributed by atoms with E-state index in [0.717, 1.165) is 29.3 Å². The molecule has 1 heterocycles. The van der Waals surface area contributed by atoms with Crippen molar-refractivity contribution in [3.05, 3.63) is 83.4 Å². The average molecular weight is 422 g/mol. The van der Waals surface area contributed by atoms with E-state index in [4.69, 9.17) is 4.43 Å². The monoisotopic (exact) mass is 421 g/mol. The van der Waals surface area contributed by atoms with Gasteiger partial charge in [-0.1, -0.05) is 69.8 Å². The summed E-state index contributed by atoms with van der Waals surface area (Å²) in [5.74, 6) is -0.444. The van der Waals surface area contributed by atoms with Gasteiger partial charge < -0.3 is 4.43 Å². The van der Waals surface area contributed by atoms with E-state index in [1.807, 2.05) is 18.2 Å². The number of hydrogen-bond acceptors (Lipinski definition) is 3. The molecule has 4 nitrogen and oxygen atoms in total. The Morgan fingerprint density at radius 3 is 1.90 bits per heavy atom. The zero-order valence-electron chi connectivity index (χ0n) is 18.2. The van der Waals surface area contributed by atoms with Crippen molar-refractivity contribution in [1.29, 1.82) is 0 Å². The van der Waals surface area contributed by atoms with Gasteiger partial charge in [0.2, 0.25) is 0 Å². The Balaban J connectivity index is 1.78. The first kappa shape index (κ1) is 22.2. The van der Waals surface area contributed by atoms with Crippen LogP contribution in [0.4, 0.5) is 0 Å². The summed E-state index contributed by atoms with van der Waals surface area (Å²) in [5.41, 5.74) is 2.96. The van der Waals surface area contributed by atoms with Gasteiger partial charge >= 0.3 is 0 Å². The van der Waals surface area contributed by atoms with Crippen molar-refractivity contribution in [3.63, 3.8) is 0 Å². The zero-order chi connectivity index (χ0) is 21.7. The van der Waals surface area contributed by atoms with Gasteiger partial charge in [-0.15, -0.1) is 0 Å². The number of nitrogens with zero attached hydrogens (tertiary/aromatic N) is 1. The largest absolute Gasteiger partial charge is 0.406 e. The highest BCUT2D eigenvalue weighted by Crippen LogP contribution is 2.35. The van der Waals surface area contributed by atoms with Gasteiger partial charge in [-0.2, -0.15) is 0 Å². The summed E-state index contributed by atoms with van der Waals surface area (Å²) < 4.78 is 6.82. The third-order valence-electron chi connectivity index (χ3n) is 6.31. The summed E-state index contributed by atoms with van der Waals surface area (Å²) in [6.07, 6.45) is 0.306. The molecule has 30 heavy (non-hydrogen) atoms. The van der Waals surface area contributed by atoms with Crippen LogP contribution in [0.3, 0.4) is 0 Å². The molecule has 2 aromatic rings. The number of hydrogen-bond donors (Lipinski definition) is 0. The zero-order valence-corrected chi connectivity index (χ0v) is 19.2. The molecule has 3 rings (SSSR count). The van der Waals surface area contributed by atoms with Crippen LogP contribution < -0.4 is 0 Å². The lowest BCUT2D eigenvalue weighted by molar-refractivity contribution is 0.0653. The highest BCUT2D eigenvalue weighted by atomic mass is 28.4. The molecule has 0 radical (unpaired) electrons. The number of fused-ring (bicyclic) bond motifs is 1. The molecule has 0 saturated carbocycles. The predicted molar refractivity (Wildman–Crippen MR) is 123 cm³/mol. The number of imide groups is 1. The SMILES string of the molecule is C=C(CCN1C(=O)c2ccccc2C1=O)C(O[Si](CC)(CC)CC)c1ccccc1. The van der Waals surface area contributed by atoms with Gasteiger partial charge in [-0.05, 0) is 47.8 Å². The third-order valence-corrected chi connectivity index (χ3v) is 10.9. The maximum atomic E-state index is 12.7. The minimum absolute atomic E-state index is 0.215. The molecule has 0 fully saturated rings. The maximum absolute atomic E-state index is 12.7. The molecular weight excluding hydrogens is 390 g/mol. The molecule has 158 valence electrons. The summed E-state index contributed by atoms with van der Waals surface area (Å²) in [4.78, 5) is 26.7. The fourth-order valence-corrected chi connectivity index (χ4v) is 6.90. The number of rotatable bonds is 10. The van der Waals surface area contributed by atoms with Crippen LogP contribution in [0.1, 0.15) is 59.6 Å². The molecule has 5 heteroatoms. The van der Waals surface area contributed by atoms with Crippen LogP contribution >= 0.6 is 0 Å². The smallest absolute Gasteiger partial charge is 0.261 e. The number of carbonyl (C=O) groups is 2. The van der Waals surface area contributed by atoms with Crippen molar-refractivity contribution in [2.45, 2.75) is 51.4 Å². The molecule has 0 aliphatic carbocycles. The predicted octanol–water partition coefficient (Wildman–Crippen LogP) is 5.99. The fraction of sp³-hybridized carbons (Fsp3) is 0.360. The molecular formula is C25H31NO3Si. The van der Waals surface area contributed by atoms with E-state index in [2.05, 4.69) is 39.5 Å². The molecule has 2 amide bonds. The molecule has 0 bridgehead atoms. The lowest BCUT2D eigenvalue weighted by atomic mass is 10.0. The minimum atomic E-state index is -1.87. The lowest BCUT2D eigenvalue weighted by Crippen LogP contribution is -2.38. The normalized spacial score (nSPS) is 14.7. The van der Waals surface area contributed by atoms with Gasteiger partial charge in [0.25, 0.3) is 11.8 Å². The molecule has 1 unspecified atom stereocenters. The topological polar surface area (TPSA) is 46.6 Å². The van der Waals surface area contributed by atoms with Crippen LogP contribution in [0.5, 0.6) is 0 Å². The van der Waals surface area contributed by atoms with Gasteiger partial charge in [-0.3, -0.25) is 14.5 Å². The van der Waals surface area contributed by atoms with Crippen molar-refractivity contribution < 1.29 is 14.0 Å². The highest BCUT2D eigenvalue weighted by molar-refractivity contribution is 6.73. The second-order valence-corrected chi connectivity index (χ2v) is 12.6. The maximum Gasteiger partial charge on any atom is 0.261 e. The molecule has 1 aliphatic rings. The van der Waals surface area contributed by atoms with Gasteiger partial charge in [0.1, 0.15) is 0 Å². The fourth-order valence-electron chi connectivity index (χ4n) is 4.09. The lowest BCUT2D eigenvalue weighted by Gasteiger charge is -2.35. The van der Waals surface area contributed by atoms with E-state index in [-0.39, 0.29) is 17.9 Å². The van der Waals surface area contributed by atoms with E-state index in [1.165, 1.54) is 4.90 Å². The van der Waals surface area contributed by atoms with Gasteiger partial charge in [0.05, 0.1) is 17.2 Å². The van der Waals surface area contributed by atoms with Crippen molar-refractivity contribution >= 4 is 20.1 Å². The molecule has 0 aromatic heterocycles. The summed E-state index contributed by atoms with van der Waals surface area (Å²) in [6, 6.07) is 20.3. The van der Waals surface area contributed by atoms with E-state index in [0.29, 0.717) is 24.1 Å². The van der Waals surface area contributed by atoms with E-state index in [1.54, 1.807) is 24.3 Å². The second kappa shape index (κ2) is 9.54. The molecule has 0 N–H and O–H groups in total. The Morgan fingerprint density at radius 2 is 1.40 bits per heavy atom. The van der Waals surface area contributed by atoms with E-state index >= 15 is 0 Å². The summed E-state index contributed by atoms with van der Waals surface area (Å²) in [7, 11) is -1.87. The highest BCUT2D eigenvalue weighted by Gasteiger charge is 2.36. The number of amides is 2. The van der Waals surface area contributed by atoms with Crippen molar-refractivity contribution in [2.24, 2.45) is 0 Å². The average Bonchev–Trinajstić information content (AvgIpc) is 3.04. The molecule has 0 saturated heterocycles. The first-order valence-electron chi connectivity index (χ1n) is 10.8.